The molecule has 8 heteroatoms. The molecular weight excluding hydrogens is 486 g/mol. The number of thiocarbonyl (C=S) groups is 1. The van der Waals surface area contributed by atoms with E-state index in [1.54, 1.807) is 6.08 Å². The van der Waals surface area contributed by atoms with Gasteiger partial charge in [-0.15, -0.1) is 0 Å². The van der Waals surface area contributed by atoms with Gasteiger partial charge in [-0.1, -0.05) is 24.6 Å². The number of hydrogen-bond acceptors (Lipinski definition) is 6. The molecule has 2 unspecified atom stereocenters. The Labute approximate surface area is 222 Å². The van der Waals surface area contributed by atoms with Crippen LogP contribution >= 0.6 is 12.2 Å². The minimum atomic E-state index is -0.355. The summed E-state index contributed by atoms with van der Waals surface area (Å²) in [6, 6.07) is 13.9. The monoisotopic (exact) mass is 517 g/mol. The molecule has 0 aromatic heterocycles. The molecule has 37 heavy (non-hydrogen) atoms. The van der Waals surface area contributed by atoms with Gasteiger partial charge in [0.2, 0.25) is 0 Å². The molecule has 192 valence electrons. The standard InChI is InChI=1S/C29H31N3O4S/c1-4-30-26(33)22(27(34)31(5-2)29(30)37)17-18-14-15-25-21(16-18)19-11-9-13-23(19)32(25)24-12-8-7-10-20(24)28(35)36-6-3/h7-8,10,12,14-17,19,23H,4-6,9,11,13H2,1-3H3. The minimum absolute atomic E-state index is 0.128. The summed E-state index contributed by atoms with van der Waals surface area (Å²) in [6.07, 6.45) is 4.87. The normalized spacial score (nSPS) is 20.9. The zero-order valence-electron chi connectivity index (χ0n) is 21.4. The number of benzene rings is 2. The van der Waals surface area contributed by atoms with Crippen molar-refractivity contribution in [1.82, 2.24) is 9.80 Å². The van der Waals surface area contributed by atoms with Crippen LogP contribution < -0.4 is 4.90 Å². The van der Waals surface area contributed by atoms with E-state index in [1.807, 2.05) is 57.2 Å². The average Bonchev–Trinajstić information content (AvgIpc) is 3.48. The lowest BCUT2D eigenvalue weighted by Gasteiger charge is -2.35. The van der Waals surface area contributed by atoms with Crippen LogP contribution in [0.15, 0.2) is 48.0 Å². The van der Waals surface area contributed by atoms with Crippen molar-refractivity contribution in [1.29, 1.82) is 0 Å². The second-order valence-electron chi connectivity index (χ2n) is 9.47. The Morgan fingerprint density at radius 2 is 1.70 bits per heavy atom. The van der Waals surface area contributed by atoms with Gasteiger partial charge in [0.05, 0.1) is 17.9 Å². The van der Waals surface area contributed by atoms with Crippen molar-refractivity contribution in [2.24, 2.45) is 0 Å². The number of ether oxygens (including phenoxy) is 1. The molecular formula is C29H31N3O4S. The molecule has 2 atom stereocenters. The number of carbonyl (C=O) groups is 3. The highest BCUT2D eigenvalue weighted by Crippen LogP contribution is 2.53. The number of hydrogen-bond donors (Lipinski definition) is 0. The van der Waals surface area contributed by atoms with Crippen LogP contribution in [-0.4, -0.2) is 58.4 Å². The van der Waals surface area contributed by atoms with E-state index in [9.17, 15) is 14.4 Å². The first-order chi connectivity index (χ1) is 17.9. The number of nitrogens with zero attached hydrogens (tertiary/aromatic N) is 3. The number of likely N-dealkylation sites (N-methyl/N-ethyl adjacent to an activating group) is 2. The highest BCUT2D eigenvalue weighted by molar-refractivity contribution is 7.80. The number of fused-ring (bicyclic) bond motifs is 3. The summed E-state index contributed by atoms with van der Waals surface area (Å²) in [5.74, 6) is -0.721. The Balaban J connectivity index is 1.56. The van der Waals surface area contributed by atoms with E-state index in [0.717, 1.165) is 36.2 Å². The first-order valence-electron chi connectivity index (χ1n) is 13.0. The minimum Gasteiger partial charge on any atom is -0.462 e. The van der Waals surface area contributed by atoms with Crippen LogP contribution in [0.2, 0.25) is 0 Å². The van der Waals surface area contributed by atoms with Gasteiger partial charge in [0, 0.05) is 30.7 Å². The van der Waals surface area contributed by atoms with Crippen LogP contribution in [0, 0.1) is 0 Å². The maximum atomic E-state index is 13.1. The number of para-hydroxylation sites is 1. The van der Waals surface area contributed by atoms with Crippen LogP contribution in [0.5, 0.6) is 0 Å². The van der Waals surface area contributed by atoms with Gasteiger partial charge in [0.1, 0.15) is 5.57 Å². The van der Waals surface area contributed by atoms with Crippen LogP contribution in [0.1, 0.15) is 67.4 Å². The van der Waals surface area contributed by atoms with E-state index in [2.05, 4.69) is 11.0 Å². The van der Waals surface area contributed by atoms with E-state index < -0.39 is 0 Å². The number of carbonyl (C=O) groups excluding carboxylic acids is 3. The maximum absolute atomic E-state index is 13.1. The van der Waals surface area contributed by atoms with Crippen molar-refractivity contribution in [2.75, 3.05) is 24.6 Å². The van der Waals surface area contributed by atoms with Crippen molar-refractivity contribution in [2.45, 2.75) is 52.0 Å². The summed E-state index contributed by atoms with van der Waals surface area (Å²) in [6.45, 7) is 6.64. The Bertz CT molecular complexity index is 1290. The van der Waals surface area contributed by atoms with Crippen LogP contribution in [0.25, 0.3) is 6.08 Å². The predicted molar refractivity (Wildman–Crippen MR) is 147 cm³/mol. The number of amides is 2. The number of rotatable bonds is 6. The zero-order chi connectivity index (χ0) is 26.3. The molecule has 3 aliphatic rings. The summed E-state index contributed by atoms with van der Waals surface area (Å²) in [5.41, 5.74) is 4.58. The van der Waals surface area contributed by atoms with Crippen molar-refractivity contribution in [3.8, 4) is 0 Å². The Morgan fingerprint density at radius 3 is 2.38 bits per heavy atom. The fourth-order valence-corrected chi connectivity index (χ4v) is 6.32. The molecule has 2 fully saturated rings. The molecule has 1 saturated carbocycles. The van der Waals surface area contributed by atoms with Gasteiger partial charge in [0.15, 0.2) is 5.11 Å². The molecule has 2 amide bonds. The van der Waals surface area contributed by atoms with Gasteiger partial charge in [0.25, 0.3) is 11.8 Å². The van der Waals surface area contributed by atoms with E-state index in [-0.39, 0.29) is 34.5 Å². The van der Waals surface area contributed by atoms with Gasteiger partial charge in [-0.05, 0) is 87.3 Å². The first-order valence-corrected chi connectivity index (χ1v) is 13.4. The van der Waals surface area contributed by atoms with Crippen LogP contribution in [0.4, 0.5) is 11.4 Å². The summed E-state index contributed by atoms with van der Waals surface area (Å²) in [4.78, 5) is 44.2. The van der Waals surface area contributed by atoms with Crippen LogP contribution in [0.3, 0.4) is 0 Å². The molecule has 2 heterocycles. The molecule has 0 bridgehead atoms. The quantitative estimate of drug-likeness (QED) is 0.232. The van der Waals surface area contributed by atoms with E-state index in [4.69, 9.17) is 17.0 Å². The number of anilines is 2. The molecule has 0 radical (unpaired) electrons. The first kappa shape index (κ1) is 25.1. The third-order valence-corrected chi connectivity index (χ3v) is 7.98. The lowest BCUT2D eigenvalue weighted by Crippen LogP contribution is -2.55. The van der Waals surface area contributed by atoms with Crippen molar-refractivity contribution in [3.63, 3.8) is 0 Å². The van der Waals surface area contributed by atoms with E-state index in [0.29, 0.717) is 31.2 Å². The third kappa shape index (κ3) is 4.13. The van der Waals surface area contributed by atoms with Crippen molar-refractivity contribution >= 4 is 52.6 Å². The van der Waals surface area contributed by atoms with Crippen LogP contribution in [-0.2, 0) is 14.3 Å². The summed E-state index contributed by atoms with van der Waals surface area (Å²) in [5, 5.41) is 0.260. The second-order valence-corrected chi connectivity index (χ2v) is 9.84. The van der Waals surface area contributed by atoms with Gasteiger partial charge in [-0.25, -0.2) is 4.79 Å². The summed E-state index contributed by atoms with van der Waals surface area (Å²) >= 11 is 5.38. The Kier molecular flexibility index (Phi) is 6.86. The molecule has 1 saturated heterocycles. The fourth-order valence-electron chi connectivity index (χ4n) is 5.89. The maximum Gasteiger partial charge on any atom is 0.340 e. The SMILES string of the molecule is CCOC(=O)c1ccccc1N1c2ccc(C=C3C(=O)N(CC)C(=S)N(CC)C3=O)cc2C2CCCC21. The smallest absolute Gasteiger partial charge is 0.340 e. The Hall–Kier alpha value is -3.52. The molecule has 5 rings (SSSR count). The average molecular weight is 518 g/mol. The fraction of sp³-hybridized carbons (Fsp3) is 0.379. The highest BCUT2D eigenvalue weighted by Gasteiger charge is 2.43. The number of esters is 1. The molecule has 2 aromatic rings. The lowest BCUT2D eigenvalue weighted by atomic mass is 9.95. The van der Waals surface area contributed by atoms with Gasteiger partial charge < -0.3 is 9.64 Å². The van der Waals surface area contributed by atoms with E-state index >= 15 is 0 Å². The van der Waals surface area contributed by atoms with Crippen molar-refractivity contribution in [3.05, 3.63) is 64.7 Å². The Morgan fingerprint density at radius 1 is 1.00 bits per heavy atom. The summed E-state index contributed by atoms with van der Waals surface area (Å²) < 4.78 is 5.34. The highest BCUT2D eigenvalue weighted by atomic mass is 32.1. The topological polar surface area (TPSA) is 70.2 Å². The van der Waals surface area contributed by atoms with E-state index in [1.165, 1.54) is 15.4 Å². The van der Waals surface area contributed by atoms with Crippen molar-refractivity contribution < 1.29 is 19.1 Å². The molecule has 0 spiro atoms. The zero-order valence-corrected chi connectivity index (χ0v) is 22.2. The third-order valence-electron chi connectivity index (χ3n) is 7.54. The molecule has 7 nitrogen and oxygen atoms in total. The van der Waals surface area contributed by atoms with Gasteiger partial charge in [-0.3, -0.25) is 19.4 Å². The van der Waals surface area contributed by atoms with Gasteiger partial charge >= 0.3 is 5.97 Å². The lowest BCUT2D eigenvalue weighted by molar-refractivity contribution is -0.133. The molecule has 0 N–H and O–H groups in total. The molecule has 2 aromatic carbocycles. The molecule has 2 aliphatic heterocycles. The largest absolute Gasteiger partial charge is 0.462 e. The second kappa shape index (κ2) is 10.1. The molecule has 1 aliphatic carbocycles. The van der Waals surface area contributed by atoms with Gasteiger partial charge in [-0.2, -0.15) is 0 Å². The predicted octanol–water partition coefficient (Wildman–Crippen LogP) is 5.03. The summed E-state index contributed by atoms with van der Waals surface area (Å²) in [7, 11) is 0.